The Kier molecular flexibility index (Phi) is 15.2. The van der Waals surface area contributed by atoms with Crippen molar-refractivity contribution in [3.05, 3.63) is 34.4 Å². The zero-order valence-corrected chi connectivity index (χ0v) is 17.7. The molecule has 0 aliphatic rings. The van der Waals surface area contributed by atoms with Crippen LogP contribution in [0.25, 0.3) is 0 Å². The molecule has 1 rings (SSSR count). The largest absolute Gasteiger partial charge is 0.478 e. The lowest BCUT2D eigenvalue weighted by Gasteiger charge is -2.14. The van der Waals surface area contributed by atoms with Crippen LogP contribution >= 0.6 is 0 Å². The second-order valence-electron chi connectivity index (χ2n) is 6.31. The third kappa shape index (κ3) is 11.5. The summed E-state index contributed by atoms with van der Waals surface area (Å²) in [4.78, 5) is 23.4. The van der Waals surface area contributed by atoms with E-state index in [0.717, 1.165) is 0 Å². The summed E-state index contributed by atoms with van der Waals surface area (Å²) in [6.07, 6.45) is 1.01. The molecule has 0 aliphatic heterocycles. The minimum Gasteiger partial charge on any atom is -0.478 e. The predicted molar refractivity (Wildman–Crippen MR) is 107 cm³/mol. The molecule has 0 bridgehead atoms. The van der Waals surface area contributed by atoms with E-state index < -0.39 is 25.5 Å². The zero-order valence-electron chi connectivity index (χ0n) is 17.7. The van der Waals surface area contributed by atoms with Gasteiger partial charge >= 0.3 is 11.9 Å². The molecule has 0 aromatic heterocycles. The van der Waals surface area contributed by atoms with Gasteiger partial charge in [0.1, 0.15) is 27.2 Å². The number of aromatic carboxylic acids is 2. The summed E-state index contributed by atoms with van der Waals surface area (Å²) < 4.78 is 30.2. The minimum atomic E-state index is -1.27. The Hall–Kier alpha value is -2.16. The summed E-state index contributed by atoms with van der Waals surface area (Å²) in [6.45, 7) is 0.0461. The topological polar surface area (TPSA) is 170 Å². The van der Waals surface area contributed by atoms with Crippen molar-refractivity contribution >= 4 is 11.9 Å². The quantitative estimate of drug-likeness (QED) is 0.159. The number of rotatable bonds is 20. The standard InChI is InChI=1S/C20H30O12/c21-11-31-13-29-5-1-3-27-9-15-7-16(19(23)24)18(17(8-15)20(25)26)10-28-4-2-6-30-14-32-12-22/h7-8,21-22H,1-6,9-14H2,(H,23,24)(H,25,26). The van der Waals surface area contributed by atoms with Gasteiger partial charge in [0.2, 0.25) is 0 Å². The highest BCUT2D eigenvalue weighted by Crippen LogP contribution is 2.21. The Morgan fingerprint density at radius 3 is 1.53 bits per heavy atom. The SMILES string of the molecule is O=C(O)c1cc(COCCCOCOCO)cc(C(=O)O)c1COCCCOCOCO. The van der Waals surface area contributed by atoms with Gasteiger partial charge in [0.25, 0.3) is 0 Å². The van der Waals surface area contributed by atoms with Gasteiger partial charge in [-0.3, -0.25) is 0 Å². The van der Waals surface area contributed by atoms with Gasteiger partial charge in [-0.1, -0.05) is 0 Å². The van der Waals surface area contributed by atoms with E-state index in [9.17, 15) is 19.8 Å². The number of ether oxygens (including phenoxy) is 6. The van der Waals surface area contributed by atoms with Crippen molar-refractivity contribution in [2.45, 2.75) is 26.1 Å². The number of carboxylic acids is 2. The van der Waals surface area contributed by atoms with E-state index in [2.05, 4.69) is 9.47 Å². The van der Waals surface area contributed by atoms with Crippen LogP contribution in [-0.4, -0.2) is 86.0 Å². The average Bonchev–Trinajstić information content (AvgIpc) is 2.77. The first-order valence-electron chi connectivity index (χ1n) is 9.81. The summed E-state index contributed by atoms with van der Waals surface area (Å²) in [6, 6.07) is 2.74. The van der Waals surface area contributed by atoms with E-state index in [1.807, 2.05) is 0 Å². The minimum absolute atomic E-state index is 0.0298. The van der Waals surface area contributed by atoms with Crippen LogP contribution in [0.15, 0.2) is 12.1 Å². The lowest BCUT2D eigenvalue weighted by molar-refractivity contribution is -0.110. The van der Waals surface area contributed by atoms with E-state index >= 15 is 0 Å². The molecule has 12 heteroatoms. The molecule has 0 unspecified atom stereocenters. The second-order valence-corrected chi connectivity index (χ2v) is 6.31. The number of benzene rings is 1. The summed E-state index contributed by atoms with van der Waals surface area (Å²) in [5, 5.41) is 36.0. The Bertz CT molecular complexity index is 644. The molecule has 0 atom stereocenters. The van der Waals surface area contributed by atoms with Crippen molar-refractivity contribution in [3.63, 3.8) is 0 Å². The highest BCUT2D eigenvalue weighted by Gasteiger charge is 2.20. The fourth-order valence-corrected chi connectivity index (χ4v) is 2.55. The number of hydrogen-bond acceptors (Lipinski definition) is 10. The predicted octanol–water partition coefficient (Wildman–Crippen LogP) is 0.777. The van der Waals surface area contributed by atoms with Crippen LogP contribution in [0.3, 0.4) is 0 Å². The van der Waals surface area contributed by atoms with Crippen molar-refractivity contribution in [1.82, 2.24) is 0 Å². The van der Waals surface area contributed by atoms with Gasteiger partial charge in [-0.15, -0.1) is 0 Å². The number of aliphatic hydroxyl groups is 2. The molecule has 0 aliphatic carbocycles. The first kappa shape index (κ1) is 27.9. The van der Waals surface area contributed by atoms with Crippen LogP contribution in [0.1, 0.15) is 44.7 Å². The number of aliphatic hydroxyl groups excluding tert-OH is 2. The average molecular weight is 462 g/mol. The number of carbonyl (C=O) groups is 2. The second kappa shape index (κ2) is 17.4. The monoisotopic (exact) mass is 462 g/mol. The maximum absolute atomic E-state index is 11.7. The van der Waals surface area contributed by atoms with E-state index in [1.54, 1.807) is 0 Å². The van der Waals surface area contributed by atoms with Gasteiger partial charge in [0.05, 0.1) is 37.6 Å². The molecule has 0 radical (unpaired) electrons. The normalized spacial score (nSPS) is 11.1. The van der Waals surface area contributed by atoms with Crippen LogP contribution < -0.4 is 0 Å². The Morgan fingerprint density at radius 2 is 1.09 bits per heavy atom. The van der Waals surface area contributed by atoms with Crippen molar-refractivity contribution < 1.29 is 58.4 Å². The molecule has 1 aromatic rings. The molecule has 12 nitrogen and oxygen atoms in total. The summed E-state index contributed by atoms with van der Waals surface area (Å²) >= 11 is 0. The lowest BCUT2D eigenvalue weighted by Crippen LogP contribution is -2.14. The van der Waals surface area contributed by atoms with Gasteiger partial charge in [0.15, 0.2) is 0 Å². The van der Waals surface area contributed by atoms with Crippen LogP contribution in [-0.2, 0) is 41.6 Å². The molecule has 1 aromatic carbocycles. The van der Waals surface area contributed by atoms with E-state index in [-0.39, 0.29) is 50.1 Å². The molecule has 182 valence electrons. The van der Waals surface area contributed by atoms with Crippen LogP contribution in [0.2, 0.25) is 0 Å². The van der Waals surface area contributed by atoms with Gasteiger partial charge in [0, 0.05) is 18.8 Å². The molecular formula is C20H30O12. The molecule has 0 heterocycles. The molecule has 0 amide bonds. The maximum atomic E-state index is 11.7. The van der Waals surface area contributed by atoms with Gasteiger partial charge in [-0.25, -0.2) is 9.59 Å². The van der Waals surface area contributed by atoms with Crippen molar-refractivity contribution in [2.24, 2.45) is 0 Å². The van der Waals surface area contributed by atoms with E-state index in [4.69, 9.17) is 29.2 Å². The Labute approximate surface area is 185 Å². The molecule has 0 spiro atoms. The third-order valence-corrected chi connectivity index (χ3v) is 3.96. The van der Waals surface area contributed by atoms with Crippen LogP contribution in [0.4, 0.5) is 0 Å². The Balaban J connectivity index is 2.60. The fourth-order valence-electron chi connectivity index (χ4n) is 2.55. The van der Waals surface area contributed by atoms with Crippen molar-refractivity contribution in [2.75, 3.05) is 53.6 Å². The molecule has 4 N–H and O–H groups in total. The highest BCUT2D eigenvalue weighted by atomic mass is 16.7. The number of carboxylic acid groups (broad SMARTS) is 2. The molecular weight excluding hydrogens is 432 g/mol. The van der Waals surface area contributed by atoms with Crippen LogP contribution in [0, 0.1) is 0 Å². The fraction of sp³-hybridized carbons (Fsp3) is 0.600. The summed E-state index contributed by atoms with van der Waals surface area (Å²) in [5.74, 6) is -2.54. The smallest absolute Gasteiger partial charge is 0.336 e. The molecule has 0 saturated carbocycles. The van der Waals surface area contributed by atoms with Gasteiger partial charge < -0.3 is 48.8 Å². The Morgan fingerprint density at radius 1 is 0.656 bits per heavy atom. The van der Waals surface area contributed by atoms with Crippen molar-refractivity contribution in [3.8, 4) is 0 Å². The maximum Gasteiger partial charge on any atom is 0.336 e. The molecule has 0 saturated heterocycles. The molecule has 0 fully saturated rings. The third-order valence-electron chi connectivity index (χ3n) is 3.96. The van der Waals surface area contributed by atoms with E-state index in [0.29, 0.717) is 38.2 Å². The summed E-state index contributed by atoms with van der Waals surface area (Å²) in [7, 11) is 0. The van der Waals surface area contributed by atoms with Gasteiger partial charge in [-0.05, 0) is 30.5 Å². The van der Waals surface area contributed by atoms with E-state index in [1.165, 1.54) is 12.1 Å². The number of hydrogen-bond donors (Lipinski definition) is 4. The first-order valence-corrected chi connectivity index (χ1v) is 9.81. The first-order chi connectivity index (χ1) is 15.5. The van der Waals surface area contributed by atoms with Crippen LogP contribution in [0.5, 0.6) is 0 Å². The summed E-state index contributed by atoms with van der Waals surface area (Å²) in [5.41, 5.74) is 0.141. The van der Waals surface area contributed by atoms with Crippen molar-refractivity contribution in [1.29, 1.82) is 0 Å². The molecule has 32 heavy (non-hydrogen) atoms. The zero-order chi connectivity index (χ0) is 23.6. The lowest BCUT2D eigenvalue weighted by atomic mass is 9.98. The van der Waals surface area contributed by atoms with Gasteiger partial charge in [-0.2, -0.15) is 0 Å². The highest BCUT2D eigenvalue weighted by molar-refractivity contribution is 5.97.